The van der Waals surface area contributed by atoms with Crippen molar-refractivity contribution in [2.75, 3.05) is 13.1 Å². The van der Waals surface area contributed by atoms with E-state index in [9.17, 15) is 14.7 Å². The first-order valence-corrected chi connectivity index (χ1v) is 6.59. The highest BCUT2D eigenvalue weighted by Gasteiger charge is 2.28. The maximum atomic E-state index is 11.9. The Hall–Kier alpha value is -1.14. The van der Waals surface area contributed by atoms with Crippen LogP contribution in [0, 0.1) is 0 Å². The Kier molecular flexibility index (Phi) is 4.19. The Morgan fingerprint density at radius 2 is 1.83 bits per heavy atom. The molecule has 3 amide bonds. The average molecular weight is 255 g/mol. The minimum absolute atomic E-state index is 0.248. The molecule has 2 rings (SSSR count). The van der Waals surface area contributed by atoms with E-state index in [1.54, 1.807) is 6.92 Å². The zero-order valence-electron chi connectivity index (χ0n) is 10.7. The molecule has 0 bridgehead atoms. The third-order valence-electron chi connectivity index (χ3n) is 3.58. The summed E-state index contributed by atoms with van der Waals surface area (Å²) in [6.07, 6.45) is 3.12. The molecular formula is C12H21N3O3. The molecule has 18 heavy (non-hydrogen) atoms. The first-order chi connectivity index (χ1) is 8.56. The monoisotopic (exact) mass is 255 g/mol. The fraction of sp³-hybridized carbons (Fsp3) is 0.833. The van der Waals surface area contributed by atoms with E-state index in [1.807, 2.05) is 4.90 Å². The maximum Gasteiger partial charge on any atom is 0.321 e. The highest BCUT2D eigenvalue weighted by atomic mass is 16.3. The number of urea groups is 1. The molecule has 1 saturated carbocycles. The van der Waals surface area contributed by atoms with Gasteiger partial charge in [-0.3, -0.25) is 15.0 Å². The Morgan fingerprint density at radius 3 is 2.39 bits per heavy atom. The molecular weight excluding hydrogens is 234 g/mol. The molecule has 6 heteroatoms. The molecule has 1 heterocycles. The van der Waals surface area contributed by atoms with Gasteiger partial charge in [-0.05, 0) is 32.6 Å². The van der Waals surface area contributed by atoms with Crippen LogP contribution in [-0.2, 0) is 4.79 Å². The van der Waals surface area contributed by atoms with Crippen LogP contribution in [-0.4, -0.2) is 53.2 Å². The number of likely N-dealkylation sites (tertiary alicyclic amines) is 1. The fourth-order valence-corrected chi connectivity index (χ4v) is 2.10. The first kappa shape index (κ1) is 13.3. The van der Waals surface area contributed by atoms with Crippen molar-refractivity contribution in [2.24, 2.45) is 0 Å². The summed E-state index contributed by atoms with van der Waals surface area (Å²) in [6, 6.07) is -0.480. The lowest BCUT2D eigenvalue weighted by Gasteiger charge is -2.33. The van der Waals surface area contributed by atoms with Gasteiger partial charge in [-0.25, -0.2) is 4.79 Å². The van der Waals surface area contributed by atoms with Crippen molar-refractivity contribution >= 4 is 11.9 Å². The molecule has 3 N–H and O–H groups in total. The number of imide groups is 1. The molecule has 0 aromatic carbocycles. The molecule has 1 unspecified atom stereocenters. The molecule has 1 aliphatic heterocycles. The molecule has 1 atom stereocenters. The number of rotatable bonds is 3. The van der Waals surface area contributed by atoms with Gasteiger partial charge in [-0.15, -0.1) is 0 Å². The molecule has 6 nitrogen and oxygen atoms in total. The van der Waals surface area contributed by atoms with E-state index < -0.39 is 6.03 Å². The predicted octanol–water partition coefficient (Wildman–Crippen LogP) is -0.180. The van der Waals surface area contributed by atoms with Crippen molar-refractivity contribution < 1.29 is 14.7 Å². The van der Waals surface area contributed by atoms with Crippen LogP contribution in [0.5, 0.6) is 0 Å². The molecule has 2 fully saturated rings. The number of aliphatic hydroxyl groups is 1. The third-order valence-corrected chi connectivity index (χ3v) is 3.58. The number of nitrogens with zero attached hydrogens (tertiary/aromatic N) is 1. The summed E-state index contributed by atoms with van der Waals surface area (Å²) in [5.74, 6) is -0.274. The molecule has 0 aromatic rings. The van der Waals surface area contributed by atoms with E-state index in [4.69, 9.17) is 0 Å². The van der Waals surface area contributed by atoms with Crippen LogP contribution in [0.4, 0.5) is 4.79 Å². The normalized spacial score (nSPS) is 23.4. The van der Waals surface area contributed by atoms with E-state index in [1.165, 1.54) is 0 Å². The SMILES string of the molecule is CC(C(=O)NC(=O)NC1CC1)N1CCC(O)CC1. The van der Waals surface area contributed by atoms with Gasteiger partial charge < -0.3 is 10.4 Å². The van der Waals surface area contributed by atoms with E-state index in [0.29, 0.717) is 25.9 Å². The van der Waals surface area contributed by atoms with E-state index >= 15 is 0 Å². The van der Waals surface area contributed by atoms with Gasteiger partial charge in [0.15, 0.2) is 0 Å². The molecule has 0 spiro atoms. The quantitative estimate of drug-likeness (QED) is 0.653. The van der Waals surface area contributed by atoms with Crippen LogP contribution in [0.1, 0.15) is 32.6 Å². The summed E-state index contributed by atoms with van der Waals surface area (Å²) in [5.41, 5.74) is 0. The van der Waals surface area contributed by atoms with Crippen LogP contribution < -0.4 is 10.6 Å². The second-order valence-electron chi connectivity index (χ2n) is 5.18. The fourth-order valence-electron chi connectivity index (χ4n) is 2.10. The lowest BCUT2D eigenvalue weighted by Crippen LogP contribution is -2.52. The third kappa shape index (κ3) is 3.68. The Bertz CT molecular complexity index is 323. The van der Waals surface area contributed by atoms with Gasteiger partial charge in [0.2, 0.25) is 5.91 Å². The number of amides is 3. The van der Waals surface area contributed by atoms with Crippen LogP contribution in [0.25, 0.3) is 0 Å². The molecule has 102 valence electrons. The van der Waals surface area contributed by atoms with Gasteiger partial charge in [0.1, 0.15) is 0 Å². The van der Waals surface area contributed by atoms with Crippen molar-refractivity contribution in [3.8, 4) is 0 Å². The topological polar surface area (TPSA) is 81.7 Å². The maximum absolute atomic E-state index is 11.9. The number of hydrogen-bond donors (Lipinski definition) is 3. The number of piperidine rings is 1. The van der Waals surface area contributed by atoms with E-state index in [2.05, 4.69) is 10.6 Å². The number of carbonyl (C=O) groups is 2. The minimum atomic E-state index is -0.397. The zero-order valence-corrected chi connectivity index (χ0v) is 10.7. The summed E-state index contributed by atoms with van der Waals surface area (Å²) < 4.78 is 0. The summed E-state index contributed by atoms with van der Waals surface area (Å²) >= 11 is 0. The summed E-state index contributed by atoms with van der Waals surface area (Å²) in [7, 11) is 0. The molecule has 0 aromatic heterocycles. The van der Waals surface area contributed by atoms with Gasteiger partial charge in [0.25, 0.3) is 0 Å². The molecule has 2 aliphatic rings. The molecule has 0 radical (unpaired) electrons. The number of aliphatic hydroxyl groups excluding tert-OH is 1. The highest BCUT2D eigenvalue weighted by molar-refractivity contribution is 5.96. The predicted molar refractivity (Wildman–Crippen MR) is 66.0 cm³/mol. The average Bonchev–Trinajstić information content (AvgIpc) is 3.12. The molecule has 1 saturated heterocycles. The Labute approximate surface area is 107 Å². The van der Waals surface area contributed by atoms with Gasteiger partial charge in [-0.2, -0.15) is 0 Å². The lowest BCUT2D eigenvalue weighted by molar-refractivity contribution is -0.125. The number of carbonyl (C=O) groups excluding carboxylic acids is 2. The van der Waals surface area contributed by atoms with Gasteiger partial charge in [0, 0.05) is 19.1 Å². The van der Waals surface area contributed by atoms with E-state index in [-0.39, 0.29) is 24.1 Å². The van der Waals surface area contributed by atoms with Crippen molar-refractivity contribution in [3.63, 3.8) is 0 Å². The largest absolute Gasteiger partial charge is 0.393 e. The van der Waals surface area contributed by atoms with Crippen molar-refractivity contribution in [1.82, 2.24) is 15.5 Å². The van der Waals surface area contributed by atoms with Gasteiger partial charge in [0.05, 0.1) is 12.1 Å². The highest BCUT2D eigenvalue weighted by Crippen LogP contribution is 2.18. The van der Waals surface area contributed by atoms with Gasteiger partial charge in [-0.1, -0.05) is 0 Å². The standard InChI is InChI=1S/C12H21N3O3/c1-8(15-6-4-10(16)5-7-15)11(17)14-12(18)13-9-2-3-9/h8-10,16H,2-7H2,1H3,(H2,13,14,17,18). The minimum Gasteiger partial charge on any atom is -0.393 e. The zero-order chi connectivity index (χ0) is 13.1. The number of hydrogen-bond acceptors (Lipinski definition) is 4. The summed E-state index contributed by atoms with van der Waals surface area (Å²) in [5, 5.41) is 14.5. The smallest absolute Gasteiger partial charge is 0.321 e. The van der Waals surface area contributed by atoms with Crippen molar-refractivity contribution in [3.05, 3.63) is 0 Å². The van der Waals surface area contributed by atoms with Crippen molar-refractivity contribution in [2.45, 2.75) is 50.8 Å². The number of nitrogens with one attached hydrogen (secondary N) is 2. The second-order valence-corrected chi connectivity index (χ2v) is 5.18. The van der Waals surface area contributed by atoms with Crippen LogP contribution in [0.3, 0.4) is 0 Å². The Morgan fingerprint density at radius 1 is 1.22 bits per heavy atom. The first-order valence-electron chi connectivity index (χ1n) is 6.59. The van der Waals surface area contributed by atoms with Crippen molar-refractivity contribution in [1.29, 1.82) is 0 Å². The van der Waals surface area contributed by atoms with Crippen LogP contribution >= 0.6 is 0 Å². The second kappa shape index (κ2) is 5.67. The summed E-state index contributed by atoms with van der Waals surface area (Å²) in [4.78, 5) is 25.3. The molecule has 1 aliphatic carbocycles. The Balaban J connectivity index is 1.74. The van der Waals surface area contributed by atoms with Crippen LogP contribution in [0.15, 0.2) is 0 Å². The van der Waals surface area contributed by atoms with Crippen LogP contribution in [0.2, 0.25) is 0 Å². The summed E-state index contributed by atoms with van der Waals surface area (Å²) in [6.45, 7) is 3.18. The van der Waals surface area contributed by atoms with E-state index in [0.717, 1.165) is 12.8 Å². The van der Waals surface area contributed by atoms with Gasteiger partial charge >= 0.3 is 6.03 Å². The lowest BCUT2D eigenvalue weighted by atomic mass is 10.1.